The molecule has 0 spiro atoms. The van der Waals surface area contributed by atoms with Gasteiger partial charge < -0.3 is 4.90 Å². The summed E-state index contributed by atoms with van der Waals surface area (Å²) >= 11 is 0. The molecule has 1 aromatic carbocycles. The van der Waals surface area contributed by atoms with Crippen LogP contribution in [0.25, 0.3) is 16.7 Å². The lowest BCUT2D eigenvalue weighted by atomic mass is 10.2. The van der Waals surface area contributed by atoms with Gasteiger partial charge in [-0.25, -0.2) is 14.6 Å². The van der Waals surface area contributed by atoms with Crippen molar-refractivity contribution in [1.29, 1.82) is 0 Å². The van der Waals surface area contributed by atoms with Crippen LogP contribution in [0, 0.1) is 6.92 Å². The highest BCUT2D eigenvalue weighted by Gasteiger charge is 2.17. The molecule has 4 rings (SSSR count). The van der Waals surface area contributed by atoms with Gasteiger partial charge in [-0.3, -0.25) is 0 Å². The molecule has 5 heteroatoms. The molecule has 0 radical (unpaired) electrons. The fraction of sp³-hybridized carbons (Fsp3) is 0.389. The molecule has 1 fully saturated rings. The van der Waals surface area contributed by atoms with Crippen molar-refractivity contribution in [1.82, 2.24) is 19.7 Å². The Hall–Kier alpha value is -2.43. The van der Waals surface area contributed by atoms with Crippen LogP contribution in [0.1, 0.15) is 31.2 Å². The van der Waals surface area contributed by atoms with Crippen molar-refractivity contribution >= 4 is 16.9 Å². The third kappa shape index (κ3) is 2.56. The molecule has 1 aliphatic heterocycles. The number of aryl methyl sites for hydroxylation is 1. The van der Waals surface area contributed by atoms with Gasteiger partial charge in [0.2, 0.25) is 0 Å². The van der Waals surface area contributed by atoms with Crippen LogP contribution < -0.4 is 4.90 Å². The van der Waals surface area contributed by atoms with Gasteiger partial charge in [0.1, 0.15) is 12.1 Å². The molecule has 2 aromatic heterocycles. The minimum absolute atomic E-state index is 0.883. The molecule has 3 aromatic rings. The maximum atomic E-state index is 4.59. The Bertz CT molecular complexity index is 815. The molecule has 118 valence electrons. The van der Waals surface area contributed by atoms with Crippen LogP contribution in [0.4, 0.5) is 5.82 Å². The zero-order chi connectivity index (χ0) is 15.6. The van der Waals surface area contributed by atoms with E-state index in [2.05, 4.69) is 39.0 Å². The van der Waals surface area contributed by atoms with Crippen molar-refractivity contribution in [3.05, 3.63) is 42.4 Å². The van der Waals surface area contributed by atoms with Crippen molar-refractivity contribution < 1.29 is 0 Å². The van der Waals surface area contributed by atoms with E-state index in [-0.39, 0.29) is 0 Å². The lowest BCUT2D eigenvalue weighted by Gasteiger charge is -2.21. The molecule has 23 heavy (non-hydrogen) atoms. The third-order valence-electron chi connectivity index (χ3n) is 4.59. The smallest absolute Gasteiger partial charge is 0.168 e. The molecule has 1 aliphatic rings. The number of hydrogen-bond donors (Lipinski definition) is 0. The van der Waals surface area contributed by atoms with Crippen LogP contribution >= 0.6 is 0 Å². The number of hydrogen-bond acceptors (Lipinski definition) is 4. The molecule has 0 unspecified atom stereocenters. The first-order valence-corrected chi connectivity index (χ1v) is 8.34. The highest BCUT2D eigenvalue weighted by Crippen LogP contribution is 2.27. The Balaban J connectivity index is 1.82. The number of fused-ring (bicyclic) bond motifs is 1. The fourth-order valence-electron chi connectivity index (χ4n) is 3.34. The normalized spacial score (nSPS) is 15.8. The van der Waals surface area contributed by atoms with Crippen molar-refractivity contribution in [2.75, 3.05) is 18.0 Å². The van der Waals surface area contributed by atoms with E-state index in [1.54, 1.807) is 6.33 Å². The number of nitrogens with zero attached hydrogens (tertiary/aromatic N) is 5. The standard InChI is InChI=1S/C18H21N5/c1-14-8-4-5-9-16(14)23-18-15(12-21-23)17(19-13-20-18)22-10-6-2-3-7-11-22/h4-5,8-9,12-13H,2-3,6-7,10-11H2,1H3. The van der Waals surface area contributed by atoms with Crippen LogP contribution in [0.2, 0.25) is 0 Å². The first-order valence-electron chi connectivity index (χ1n) is 8.34. The maximum Gasteiger partial charge on any atom is 0.168 e. The van der Waals surface area contributed by atoms with E-state index in [0.717, 1.165) is 35.6 Å². The molecule has 0 aliphatic carbocycles. The van der Waals surface area contributed by atoms with E-state index in [9.17, 15) is 0 Å². The molecule has 0 saturated carbocycles. The van der Waals surface area contributed by atoms with Crippen LogP contribution in [-0.4, -0.2) is 32.8 Å². The first kappa shape index (κ1) is 14.2. The monoisotopic (exact) mass is 307 g/mol. The van der Waals surface area contributed by atoms with Crippen molar-refractivity contribution in [2.45, 2.75) is 32.6 Å². The van der Waals surface area contributed by atoms with Gasteiger partial charge in [0, 0.05) is 13.1 Å². The highest BCUT2D eigenvalue weighted by atomic mass is 15.3. The summed E-state index contributed by atoms with van der Waals surface area (Å²) in [6.07, 6.45) is 8.66. The molecule has 0 atom stereocenters. The van der Waals surface area contributed by atoms with Gasteiger partial charge in [-0.2, -0.15) is 5.10 Å². The molecular formula is C18H21N5. The van der Waals surface area contributed by atoms with E-state index in [4.69, 9.17) is 0 Å². The number of rotatable bonds is 2. The fourth-order valence-corrected chi connectivity index (χ4v) is 3.34. The van der Waals surface area contributed by atoms with E-state index in [0.29, 0.717) is 0 Å². The quantitative estimate of drug-likeness (QED) is 0.727. The summed E-state index contributed by atoms with van der Waals surface area (Å²) in [5.74, 6) is 1.02. The Labute approximate surface area is 136 Å². The zero-order valence-electron chi connectivity index (χ0n) is 13.4. The van der Waals surface area contributed by atoms with Crippen LogP contribution in [0.3, 0.4) is 0 Å². The van der Waals surface area contributed by atoms with E-state index >= 15 is 0 Å². The number of para-hydroxylation sites is 1. The van der Waals surface area contributed by atoms with Gasteiger partial charge >= 0.3 is 0 Å². The summed E-state index contributed by atoms with van der Waals surface area (Å²) in [6, 6.07) is 8.25. The SMILES string of the molecule is Cc1ccccc1-n1ncc2c(N3CCCCCC3)ncnc21. The summed E-state index contributed by atoms with van der Waals surface area (Å²) < 4.78 is 1.92. The molecule has 0 N–H and O–H groups in total. The summed E-state index contributed by atoms with van der Waals surface area (Å²) in [4.78, 5) is 11.5. The van der Waals surface area contributed by atoms with Crippen molar-refractivity contribution in [3.8, 4) is 5.69 Å². The largest absolute Gasteiger partial charge is 0.356 e. The second-order valence-corrected chi connectivity index (χ2v) is 6.18. The summed E-state index contributed by atoms with van der Waals surface area (Å²) in [5, 5.41) is 5.63. The topological polar surface area (TPSA) is 46.8 Å². The van der Waals surface area contributed by atoms with E-state index in [1.165, 1.54) is 31.2 Å². The Kier molecular flexibility index (Phi) is 3.69. The van der Waals surface area contributed by atoms with Gasteiger partial charge in [-0.05, 0) is 31.4 Å². The van der Waals surface area contributed by atoms with Gasteiger partial charge in [0.25, 0.3) is 0 Å². The van der Waals surface area contributed by atoms with Crippen LogP contribution in [-0.2, 0) is 0 Å². The minimum Gasteiger partial charge on any atom is -0.356 e. The third-order valence-corrected chi connectivity index (χ3v) is 4.59. The molecule has 5 nitrogen and oxygen atoms in total. The lowest BCUT2D eigenvalue weighted by molar-refractivity contribution is 0.726. The second-order valence-electron chi connectivity index (χ2n) is 6.18. The Morgan fingerprint density at radius 3 is 2.52 bits per heavy atom. The average Bonchev–Trinajstić information content (AvgIpc) is 2.82. The lowest BCUT2D eigenvalue weighted by Crippen LogP contribution is -2.25. The van der Waals surface area contributed by atoms with E-state index < -0.39 is 0 Å². The summed E-state index contributed by atoms with van der Waals surface area (Å²) in [5.41, 5.74) is 3.14. The maximum absolute atomic E-state index is 4.59. The molecule has 3 heterocycles. The average molecular weight is 307 g/mol. The van der Waals surface area contributed by atoms with E-state index in [1.807, 2.05) is 23.0 Å². The molecule has 0 bridgehead atoms. The van der Waals surface area contributed by atoms with Crippen LogP contribution in [0.5, 0.6) is 0 Å². The van der Waals surface area contributed by atoms with Crippen molar-refractivity contribution in [3.63, 3.8) is 0 Å². The minimum atomic E-state index is 0.883. The molecule has 1 saturated heterocycles. The van der Waals surface area contributed by atoms with Gasteiger partial charge in [0.15, 0.2) is 5.65 Å². The first-order chi connectivity index (χ1) is 11.3. The van der Waals surface area contributed by atoms with Crippen molar-refractivity contribution in [2.24, 2.45) is 0 Å². The second kappa shape index (κ2) is 5.99. The van der Waals surface area contributed by atoms with Crippen LogP contribution in [0.15, 0.2) is 36.8 Å². The summed E-state index contributed by atoms with van der Waals surface area (Å²) in [6.45, 7) is 4.24. The van der Waals surface area contributed by atoms with Gasteiger partial charge in [-0.1, -0.05) is 31.0 Å². The molecular weight excluding hydrogens is 286 g/mol. The molecule has 0 amide bonds. The number of aromatic nitrogens is 4. The number of benzene rings is 1. The Morgan fingerprint density at radius 2 is 1.74 bits per heavy atom. The highest BCUT2D eigenvalue weighted by molar-refractivity contribution is 5.87. The van der Waals surface area contributed by atoms with Gasteiger partial charge in [0.05, 0.1) is 17.3 Å². The predicted molar refractivity (Wildman–Crippen MR) is 92.1 cm³/mol. The van der Waals surface area contributed by atoms with Gasteiger partial charge in [-0.15, -0.1) is 0 Å². The zero-order valence-corrected chi connectivity index (χ0v) is 13.4. The predicted octanol–water partition coefficient (Wildman–Crippen LogP) is 3.50. The number of anilines is 1. The Morgan fingerprint density at radius 1 is 0.957 bits per heavy atom. The summed E-state index contributed by atoms with van der Waals surface area (Å²) in [7, 11) is 0.